The molecule has 33 heavy (non-hydrogen) atoms. The molecule has 6 rings (SSSR count). The number of halogens is 2. The summed E-state index contributed by atoms with van der Waals surface area (Å²) < 4.78 is 1.18. The van der Waals surface area contributed by atoms with E-state index in [1.807, 2.05) is 6.07 Å². The third-order valence-corrected chi connectivity index (χ3v) is 6.93. The van der Waals surface area contributed by atoms with Gasteiger partial charge in [0.2, 0.25) is 5.95 Å². The second-order valence-electron chi connectivity index (χ2n) is 8.37. The third-order valence-electron chi connectivity index (χ3n) is 6.32. The second kappa shape index (κ2) is 7.41. The Labute approximate surface area is 198 Å². The minimum atomic E-state index is -0.629. The number of benzene rings is 2. The number of anilines is 3. The number of para-hydroxylation sites is 1. The Balaban J connectivity index is 1.37. The Kier molecular flexibility index (Phi) is 4.58. The maximum atomic E-state index is 12.8. The topological polar surface area (TPSA) is 111 Å². The molecular weight excluding hydrogens is 461 g/mol. The van der Waals surface area contributed by atoms with Gasteiger partial charge in [0.1, 0.15) is 5.82 Å². The zero-order chi connectivity index (χ0) is 22.7. The van der Waals surface area contributed by atoms with Crippen molar-refractivity contribution in [1.29, 1.82) is 0 Å². The summed E-state index contributed by atoms with van der Waals surface area (Å²) in [6.07, 6.45) is 4.89. The number of nitrogens with two attached hydrogens (primary N) is 1. The molecular formula is C23H19Cl2N7O. The summed E-state index contributed by atoms with van der Waals surface area (Å²) in [6.45, 7) is 0.980. The first-order valence-corrected chi connectivity index (χ1v) is 11.4. The number of nitrogens with zero attached hydrogens (tertiary/aromatic N) is 4. The molecule has 1 aliphatic carbocycles. The van der Waals surface area contributed by atoms with Crippen LogP contribution in [0.2, 0.25) is 10.0 Å². The number of nitrogens with one attached hydrogen (secondary N) is 2. The molecule has 0 radical (unpaired) electrons. The predicted molar refractivity (Wildman–Crippen MR) is 130 cm³/mol. The zero-order valence-electron chi connectivity index (χ0n) is 17.4. The zero-order valence-corrected chi connectivity index (χ0v) is 18.9. The first-order valence-electron chi connectivity index (χ1n) is 10.6. The lowest BCUT2D eigenvalue weighted by molar-refractivity contribution is 0.490. The Morgan fingerprint density at radius 3 is 2.67 bits per heavy atom. The SMILES string of the molecule is Nc1c2cnc(Nc3ccc4c(c3)CCNC43CC3)nc2nc(=O)n1-c1c(Cl)cccc1Cl. The van der Waals surface area contributed by atoms with Crippen molar-refractivity contribution >= 4 is 51.7 Å². The molecule has 0 bridgehead atoms. The Morgan fingerprint density at radius 1 is 1.12 bits per heavy atom. The summed E-state index contributed by atoms with van der Waals surface area (Å²) in [6, 6.07) is 11.3. The summed E-state index contributed by atoms with van der Waals surface area (Å²) in [5, 5.41) is 7.85. The van der Waals surface area contributed by atoms with E-state index in [0.29, 0.717) is 11.3 Å². The van der Waals surface area contributed by atoms with Crippen LogP contribution in [0.1, 0.15) is 24.0 Å². The van der Waals surface area contributed by atoms with Crippen LogP contribution in [0.5, 0.6) is 0 Å². The molecule has 4 N–H and O–H groups in total. The highest BCUT2D eigenvalue weighted by Crippen LogP contribution is 2.48. The van der Waals surface area contributed by atoms with E-state index in [-0.39, 0.29) is 32.7 Å². The molecule has 1 spiro atoms. The smallest absolute Gasteiger partial charge is 0.355 e. The van der Waals surface area contributed by atoms with Crippen LogP contribution in [0.3, 0.4) is 0 Å². The summed E-state index contributed by atoms with van der Waals surface area (Å²) in [5.74, 6) is 0.444. The number of nitrogen functional groups attached to an aromatic ring is 1. The molecule has 0 amide bonds. The number of hydrogen-bond acceptors (Lipinski definition) is 7. The van der Waals surface area contributed by atoms with Gasteiger partial charge < -0.3 is 16.4 Å². The van der Waals surface area contributed by atoms with Gasteiger partial charge in [-0.15, -0.1) is 0 Å². The van der Waals surface area contributed by atoms with Gasteiger partial charge in [-0.25, -0.2) is 14.3 Å². The molecule has 166 valence electrons. The van der Waals surface area contributed by atoms with Gasteiger partial charge in [-0.3, -0.25) is 0 Å². The van der Waals surface area contributed by atoms with Crippen LogP contribution in [-0.2, 0) is 12.0 Å². The fourth-order valence-corrected chi connectivity index (χ4v) is 5.13. The summed E-state index contributed by atoms with van der Waals surface area (Å²) >= 11 is 12.5. The highest BCUT2D eigenvalue weighted by atomic mass is 35.5. The van der Waals surface area contributed by atoms with Gasteiger partial charge in [-0.1, -0.05) is 35.3 Å². The normalized spacial score (nSPS) is 16.1. The third kappa shape index (κ3) is 3.33. The van der Waals surface area contributed by atoms with Crippen LogP contribution >= 0.6 is 23.2 Å². The molecule has 0 unspecified atom stereocenters. The van der Waals surface area contributed by atoms with Crippen LogP contribution in [0.15, 0.2) is 47.4 Å². The number of rotatable bonds is 3. The molecule has 2 aromatic carbocycles. The van der Waals surface area contributed by atoms with E-state index in [9.17, 15) is 4.79 Å². The molecule has 1 saturated carbocycles. The maximum absolute atomic E-state index is 12.8. The van der Waals surface area contributed by atoms with Crippen molar-refractivity contribution in [3.8, 4) is 5.69 Å². The van der Waals surface area contributed by atoms with Crippen molar-refractivity contribution in [3.05, 3.63) is 74.3 Å². The standard InChI is InChI=1S/C23H19Cl2N7O/c24-16-2-1-3-17(25)18(16)32-19(26)14-11-27-21(30-20(14)31-22(32)33)29-13-4-5-15-12(10-13)6-9-28-23(15)7-8-23/h1-5,10-11,28H,6-9,26H2,(H,29,30,31,33). The van der Waals surface area contributed by atoms with Gasteiger partial charge in [-0.05, 0) is 54.7 Å². The molecule has 3 heterocycles. The summed E-state index contributed by atoms with van der Waals surface area (Å²) in [5.41, 5.74) is 9.91. The summed E-state index contributed by atoms with van der Waals surface area (Å²) in [7, 11) is 0. The van der Waals surface area contributed by atoms with Crippen LogP contribution in [-0.4, -0.2) is 26.1 Å². The molecule has 1 fully saturated rings. The fraction of sp³-hybridized carbons (Fsp3) is 0.217. The molecule has 2 aromatic heterocycles. The van der Waals surface area contributed by atoms with Gasteiger partial charge >= 0.3 is 5.69 Å². The quantitative estimate of drug-likeness (QED) is 0.407. The minimum Gasteiger partial charge on any atom is -0.384 e. The fourth-order valence-electron chi connectivity index (χ4n) is 4.56. The van der Waals surface area contributed by atoms with Crippen LogP contribution in [0, 0.1) is 0 Å². The average Bonchev–Trinajstić information content (AvgIpc) is 3.55. The van der Waals surface area contributed by atoms with Gasteiger partial charge in [0.05, 0.1) is 21.1 Å². The van der Waals surface area contributed by atoms with E-state index in [4.69, 9.17) is 28.9 Å². The van der Waals surface area contributed by atoms with E-state index < -0.39 is 5.69 Å². The average molecular weight is 480 g/mol. The van der Waals surface area contributed by atoms with Crippen molar-refractivity contribution in [1.82, 2.24) is 24.8 Å². The van der Waals surface area contributed by atoms with E-state index >= 15 is 0 Å². The molecule has 1 aliphatic heterocycles. The highest BCUT2D eigenvalue weighted by molar-refractivity contribution is 6.37. The number of aromatic nitrogens is 4. The van der Waals surface area contributed by atoms with Crippen LogP contribution < -0.4 is 22.1 Å². The van der Waals surface area contributed by atoms with E-state index in [1.54, 1.807) is 18.2 Å². The van der Waals surface area contributed by atoms with Crippen LogP contribution in [0.4, 0.5) is 17.5 Å². The van der Waals surface area contributed by atoms with E-state index in [0.717, 1.165) is 18.7 Å². The molecule has 10 heteroatoms. The molecule has 2 aliphatic rings. The van der Waals surface area contributed by atoms with Crippen molar-refractivity contribution in [2.75, 3.05) is 17.6 Å². The van der Waals surface area contributed by atoms with E-state index in [1.165, 1.54) is 34.7 Å². The van der Waals surface area contributed by atoms with Gasteiger partial charge in [0.15, 0.2) is 5.65 Å². The lowest BCUT2D eigenvalue weighted by Crippen LogP contribution is -2.36. The van der Waals surface area contributed by atoms with Gasteiger partial charge in [-0.2, -0.15) is 9.97 Å². The Morgan fingerprint density at radius 2 is 1.91 bits per heavy atom. The Hall–Kier alpha value is -3.20. The number of fused-ring (bicyclic) bond motifs is 3. The van der Waals surface area contributed by atoms with Gasteiger partial charge in [0.25, 0.3) is 0 Å². The minimum absolute atomic E-state index is 0.113. The van der Waals surface area contributed by atoms with Crippen molar-refractivity contribution < 1.29 is 0 Å². The lowest BCUT2D eigenvalue weighted by atomic mass is 9.92. The van der Waals surface area contributed by atoms with Gasteiger partial charge in [0, 0.05) is 24.0 Å². The highest BCUT2D eigenvalue weighted by Gasteiger charge is 2.46. The Bertz CT molecular complexity index is 1480. The number of hydrogen-bond donors (Lipinski definition) is 3. The maximum Gasteiger partial charge on any atom is 0.355 e. The van der Waals surface area contributed by atoms with E-state index in [2.05, 4.69) is 37.7 Å². The predicted octanol–water partition coefficient (Wildman–Crippen LogP) is 3.94. The van der Waals surface area contributed by atoms with Crippen molar-refractivity contribution in [2.45, 2.75) is 24.8 Å². The molecule has 4 aromatic rings. The second-order valence-corrected chi connectivity index (χ2v) is 9.19. The molecule has 0 atom stereocenters. The monoisotopic (exact) mass is 479 g/mol. The first-order chi connectivity index (χ1) is 15.9. The van der Waals surface area contributed by atoms with Crippen LogP contribution in [0.25, 0.3) is 16.7 Å². The largest absolute Gasteiger partial charge is 0.384 e. The lowest BCUT2D eigenvalue weighted by Gasteiger charge is -2.27. The summed E-state index contributed by atoms with van der Waals surface area (Å²) in [4.78, 5) is 25.7. The molecule has 8 nitrogen and oxygen atoms in total. The van der Waals surface area contributed by atoms with Crippen molar-refractivity contribution in [2.24, 2.45) is 0 Å². The first kappa shape index (κ1) is 20.4. The molecule has 0 saturated heterocycles. The van der Waals surface area contributed by atoms with Crippen molar-refractivity contribution in [3.63, 3.8) is 0 Å².